The molecule has 0 aliphatic heterocycles. The third-order valence-corrected chi connectivity index (χ3v) is 2.69. The second-order valence-electron chi connectivity index (χ2n) is 4.10. The lowest BCUT2D eigenvalue weighted by Gasteiger charge is -2.19. The lowest BCUT2D eigenvalue weighted by Crippen LogP contribution is -2.29. The van der Waals surface area contributed by atoms with Crippen LogP contribution in [0.25, 0.3) is 0 Å². The van der Waals surface area contributed by atoms with Gasteiger partial charge in [0.1, 0.15) is 0 Å². The lowest BCUT2D eigenvalue weighted by molar-refractivity contribution is 0.538. The third-order valence-electron chi connectivity index (χ3n) is 2.69. The summed E-state index contributed by atoms with van der Waals surface area (Å²) in [6.07, 6.45) is 1.14. The first-order valence-corrected chi connectivity index (χ1v) is 5.69. The molecule has 0 saturated heterocycles. The molecule has 1 unspecified atom stereocenters. The number of rotatable bonds is 5. The van der Waals surface area contributed by atoms with Crippen LogP contribution in [0.4, 0.5) is 0 Å². The molecule has 2 heteroatoms. The number of hydrogen-bond acceptors (Lipinski definition) is 2. The van der Waals surface area contributed by atoms with E-state index < -0.39 is 0 Å². The van der Waals surface area contributed by atoms with Crippen LogP contribution in [0.1, 0.15) is 36.1 Å². The molecule has 15 heavy (non-hydrogen) atoms. The minimum atomic E-state index is 0.296. The van der Waals surface area contributed by atoms with Crippen molar-refractivity contribution in [1.29, 1.82) is 0 Å². The summed E-state index contributed by atoms with van der Waals surface area (Å²) in [6, 6.07) is 6.84. The van der Waals surface area contributed by atoms with Gasteiger partial charge in [0.25, 0.3) is 0 Å². The molecular weight excluding hydrogens is 184 g/mol. The average Bonchev–Trinajstić information content (AvgIpc) is 2.24. The average molecular weight is 206 g/mol. The van der Waals surface area contributed by atoms with Crippen LogP contribution >= 0.6 is 0 Å². The monoisotopic (exact) mass is 206 g/mol. The van der Waals surface area contributed by atoms with Crippen LogP contribution in [0.5, 0.6) is 0 Å². The van der Waals surface area contributed by atoms with Crippen molar-refractivity contribution in [2.24, 2.45) is 5.73 Å². The van der Waals surface area contributed by atoms with Gasteiger partial charge in [0.15, 0.2) is 0 Å². The molecule has 0 radical (unpaired) electrons. The van der Waals surface area contributed by atoms with Gasteiger partial charge in [-0.1, -0.05) is 30.7 Å². The van der Waals surface area contributed by atoms with Crippen LogP contribution < -0.4 is 11.1 Å². The van der Waals surface area contributed by atoms with E-state index in [2.05, 4.69) is 44.3 Å². The Labute approximate surface area is 92.9 Å². The van der Waals surface area contributed by atoms with E-state index in [1.54, 1.807) is 0 Å². The fraction of sp³-hybridized carbons (Fsp3) is 0.538. The number of nitrogens with two attached hydrogens (primary N) is 1. The molecule has 1 rings (SSSR count). The summed E-state index contributed by atoms with van der Waals surface area (Å²) in [5.41, 5.74) is 9.76. The number of nitrogens with one attached hydrogen (secondary N) is 1. The second-order valence-corrected chi connectivity index (χ2v) is 4.10. The van der Waals surface area contributed by atoms with E-state index >= 15 is 0 Å². The first kappa shape index (κ1) is 12.2. The van der Waals surface area contributed by atoms with E-state index in [-0.39, 0.29) is 0 Å². The molecule has 1 atom stereocenters. The van der Waals surface area contributed by atoms with E-state index in [0.29, 0.717) is 12.6 Å². The lowest BCUT2D eigenvalue weighted by atomic mass is 9.99. The third kappa shape index (κ3) is 3.33. The first-order valence-electron chi connectivity index (χ1n) is 5.69. The highest BCUT2D eigenvalue weighted by atomic mass is 14.9. The summed E-state index contributed by atoms with van der Waals surface area (Å²) in [5.74, 6) is 0. The minimum absolute atomic E-state index is 0.296. The molecule has 0 spiro atoms. The Morgan fingerprint density at radius 1 is 1.33 bits per heavy atom. The maximum atomic E-state index is 5.80. The van der Waals surface area contributed by atoms with Crippen molar-refractivity contribution in [1.82, 2.24) is 5.32 Å². The zero-order chi connectivity index (χ0) is 11.3. The maximum Gasteiger partial charge on any atom is 0.0447 e. The smallest absolute Gasteiger partial charge is 0.0447 e. The normalized spacial score (nSPS) is 12.8. The van der Waals surface area contributed by atoms with Gasteiger partial charge in [-0.3, -0.25) is 0 Å². The van der Waals surface area contributed by atoms with E-state index in [1.165, 1.54) is 16.7 Å². The molecule has 0 fully saturated rings. The van der Waals surface area contributed by atoms with Crippen molar-refractivity contribution in [3.63, 3.8) is 0 Å². The van der Waals surface area contributed by atoms with Crippen molar-refractivity contribution in [2.45, 2.75) is 33.2 Å². The SMILES string of the molecule is CCCNC(CN)c1cc(C)ccc1C. The van der Waals surface area contributed by atoms with Crippen LogP contribution in [0.3, 0.4) is 0 Å². The van der Waals surface area contributed by atoms with Gasteiger partial charge in [-0.25, -0.2) is 0 Å². The highest BCUT2D eigenvalue weighted by Crippen LogP contribution is 2.18. The predicted octanol–water partition coefficient (Wildman–Crippen LogP) is 2.30. The Morgan fingerprint density at radius 3 is 2.67 bits per heavy atom. The Kier molecular flexibility index (Phi) is 4.79. The molecule has 84 valence electrons. The Morgan fingerprint density at radius 2 is 2.07 bits per heavy atom. The number of aryl methyl sites for hydroxylation is 2. The summed E-state index contributed by atoms with van der Waals surface area (Å²) in [7, 11) is 0. The molecule has 2 nitrogen and oxygen atoms in total. The van der Waals surface area contributed by atoms with Crippen LogP contribution in [-0.2, 0) is 0 Å². The largest absolute Gasteiger partial charge is 0.329 e. The summed E-state index contributed by atoms with van der Waals surface area (Å²) in [5, 5.41) is 3.48. The summed E-state index contributed by atoms with van der Waals surface area (Å²) >= 11 is 0. The van der Waals surface area contributed by atoms with Crippen LogP contribution in [-0.4, -0.2) is 13.1 Å². The second kappa shape index (κ2) is 5.89. The molecule has 0 aliphatic carbocycles. The Hall–Kier alpha value is -0.860. The summed E-state index contributed by atoms with van der Waals surface area (Å²) < 4.78 is 0. The van der Waals surface area contributed by atoms with Crippen LogP contribution in [0.15, 0.2) is 18.2 Å². The van der Waals surface area contributed by atoms with E-state index in [4.69, 9.17) is 5.73 Å². The van der Waals surface area contributed by atoms with Gasteiger partial charge < -0.3 is 11.1 Å². The zero-order valence-electron chi connectivity index (χ0n) is 10.0. The van der Waals surface area contributed by atoms with Gasteiger partial charge in [0, 0.05) is 12.6 Å². The quantitative estimate of drug-likeness (QED) is 0.776. The number of benzene rings is 1. The highest BCUT2D eigenvalue weighted by molar-refractivity contribution is 5.33. The van der Waals surface area contributed by atoms with Gasteiger partial charge >= 0.3 is 0 Å². The van der Waals surface area contributed by atoms with Crippen molar-refractivity contribution in [3.8, 4) is 0 Å². The van der Waals surface area contributed by atoms with Gasteiger partial charge in [-0.2, -0.15) is 0 Å². The molecule has 1 aromatic carbocycles. The maximum absolute atomic E-state index is 5.80. The fourth-order valence-corrected chi connectivity index (χ4v) is 1.77. The molecule has 0 amide bonds. The van der Waals surface area contributed by atoms with Crippen LogP contribution in [0, 0.1) is 13.8 Å². The summed E-state index contributed by atoms with van der Waals surface area (Å²) in [6.45, 7) is 8.12. The van der Waals surface area contributed by atoms with Gasteiger partial charge in [-0.05, 0) is 37.9 Å². The first-order chi connectivity index (χ1) is 7.19. The van der Waals surface area contributed by atoms with Crippen molar-refractivity contribution < 1.29 is 0 Å². The molecule has 0 heterocycles. The molecule has 0 aliphatic rings. The summed E-state index contributed by atoms with van der Waals surface area (Å²) in [4.78, 5) is 0. The zero-order valence-corrected chi connectivity index (χ0v) is 10.0. The van der Waals surface area contributed by atoms with Crippen LogP contribution in [0.2, 0.25) is 0 Å². The van der Waals surface area contributed by atoms with E-state index in [1.807, 2.05) is 0 Å². The Bertz CT molecular complexity index is 307. The molecule has 3 N–H and O–H groups in total. The predicted molar refractivity (Wildman–Crippen MR) is 66.0 cm³/mol. The molecular formula is C13H22N2. The van der Waals surface area contributed by atoms with Gasteiger partial charge in [-0.15, -0.1) is 0 Å². The molecule has 0 aromatic heterocycles. The highest BCUT2D eigenvalue weighted by Gasteiger charge is 2.10. The molecule has 0 bridgehead atoms. The van der Waals surface area contributed by atoms with Gasteiger partial charge in [0.2, 0.25) is 0 Å². The van der Waals surface area contributed by atoms with E-state index in [0.717, 1.165) is 13.0 Å². The van der Waals surface area contributed by atoms with Crippen molar-refractivity contribution >= 4 is 0 Å². The molecule has 1 aromatic rings. The molecule has 0 saturated carbocycles. The minimum Gasteiger partial charge on any atom is -0.329 e. The number of hydrogen-bond donors (Lipinski definition) is 2. The van der Waals surface area contributed by atoms with Crippen molar-refractivity contribution in [3.05, 3.63) is 34.9 Å². The standard InChI is InChI=1S/C13H22N2/c1-4-7-15-13(9-14)12-8-10(2)5-6-11(12)3/h5-6,8,13,15H,4,7,9,14H2,1-3H3. The van der Waals surface area contributed by atoms with Gasteiger partial charge in [0.05, 0.1) is 0 Å². The Balaban J connectivity index is 2.85. The van der Waals surface area contributed by atoms with Crippen molar-refractivity contribution in [2.75, 3.05) is 13.1 Å². The fourth-order valence-electron chi connectivity index (χ4n) is 1.77. The van der Waals surface area contributed by atoms with E-state index in [9.17, 15) is 0 Å². The topological polar surface area (TPSA) is 38.0 Å².